The molecule has 0 saturated carbocycles. The zero-order chi connectivity index (χ0) is 36.1. The Kier molecular flexibility index (Phi) is 11.0. The van der Waals surface area contributed by atoms with Crippen LogP contribution in [0.3, 0.4) is 0 Å². The van der Waals surface area contributed by atoms with Gasteiger partial charge in [0.1, 0.15) is 11.6 Å². The van der Waals surface area contributed by atoms with E-state index in [2.05, 4.69) is 37.8 Å². The Bertz CT molecular complexity index is 1850. The number of piperidine rings is 1. The number of hydrogen-bond donors (Lipinski definition) is 4. The average molecular weight is 699 g/mol. The molecule has 0 spiro atoms. The second-order valence-corrected chi connectivity index (χ2v) is 13.4. The van der Waals surface area contributed by atoms with Gasteiger partial charge in [-0.05, 0) is 93.0 Å². The summed E-state index contributed by atoms with van der Waals surface area (Å²) >= 11 is 0. The first-order valence-corrected chi connectivity index (χ1v) is 17.4. The van der Waals surface area contributed by atoms with Gasteiger partial charge in [-0.2, -0.15) is 4.99 Å². The van der Waals surface area contributed by atoms with Crippen molar-refractivity contribution in [1.29, 1.82) is 5.41 Å². The standard InChI is InChI=1S/C38H44F2N8O3/c1-23-5-4-14-51-37(42-3)31(21-41)33-18-27(15-24(2)43-33)36(50)46-38-45-32-7-6-26(19-34(32)48(38)22-23)35(49)44-30-9-12-47(13-10-30)11-8-25-16-28(39)20-29(40)17-25/h6-7,15-21,23,30,41-42H,4-5,8-14,22H2,1-3H3,(H,44,49)(H,45,46,50)/b37-31-,41-21?/t23-/m1/s1. The number of aromatic nitrogens is 1. The summed E-state index contributed by atoms with van der Waals surface area (Å²) in [6.45, 7) is 7.14. The van der Waals surface area contributed by atoms with E-state index >= 15 is 0 Å². The minimum atomic E-state index is -0.567. The number of nitrogens with zero attached hydrogens (tertiary/aromatic N) is 4. The van der Waals surface area contributed by atoms with Gasteiger partial charge in [0.25, 0.3) is 11.8 Å². The number of carbonyl (C=O) groups excluding carboxylic acids is 2. The highest BCUT2D eigenvalue weighted by atomic mass is 19.1. The number of ether oxygens (including phenoxy) is 1. The fraction of sp³-hybridized carbons (Fsp3) is 0.395. The Labute approximate surface area is 296 Å². The van der Waals surface area contributed by atoms with E-state index < -0.39 is 17.5 Å². The molecule has 2 amide bonds. The van der Waals surface area contributed by atoms with E-state index in [4.69, 9.17) is 10.1 Å². The maximum atomic E-state index is 13.6. The molecule has 0 unspecified atom stereocenters. The van der Waals surface area contributed by atoms with E-state index in [0.29, 0.717) is 71.6 Å². The Hall–Kier alpha value is -5.17. The number of rotatable bonds is 7. The first-order valence-electron chi connectivity index (χ1n) is 17.4. The quantitative estimate of drug-likeness (QED) is 0.237. The van der Waals surface area contributed by atoms with Crippen molar-refractivity contribution < 1.29 is 23.1 Å². The van der Waals surface area contributed by atoms with Crippen molar-refractivity contribution in [3.05, 3.63) is 94.1 Å². The Morgan fingerprint density at radius 3 is 2.59 bits per heavy atom. The molecule has 0 aliphatic carbocycles. The lowest BCUT2D eigenvalue weighted by Gasteiger charge is -2.32. The number of aryl methyl sites for hydroxylation is 1. The minimum Gasteiger partial charge on any atom is -0.479 e. The summed E-state index contributed by atoms with van der Waals surface area (Å²) in [4.78, 5) is 40.5. The molecule has 1 saturated heterocycles. The number of guanidine groups is 1. The zero-order valence-corrected chi connectivity index (χ0v) is 29.2. The van der Waals surface area contributed by atoms with Gasteiger partial charge >= 0.3 is 0 Å². The van der Waals surface area contributed by atoms with Crippen LogP contribution in [-0.4, -0.2) is 79.7 Å². The normalized spacial score (nSPS) is 21.2. The number of allylic oxidation sites excluding steroid dienone is 1. The van der Waals surface area contributed by atoms with Crippen molar-refractivity contribution >= 4 is 40.9 Å². The Morgan fingerprint density at radius 2 is 1.86 bits per heavy atom. The number of anilines is 2. The van der Waals surface area contributed by atoms with Crippen molar-refractivity contribution in [3.63, 3.8) is 0 Å². The van der Waals surface area contributed by atoms with Crippen LogP contribution in [0.25, 0.3) is 5.57 Å². The van der Waals surface area contributed by atoms with Crippen molar-refractivity contribution in [2.75, 3.05) is 50.1 Å². The number of hydrogen-bond acceptors (Lipinski definition) is 9. The maximum Gasteiger partial charge on any atom is 0.280 e. The fourth-order valence-electron chi connectivity index (χ4n) is 6.83. The summed E-state index contributed by atoms with van der Waals surface area (Å²) in [5.74, 6) is -0.788. The first-order chi connectivity index (χ1) is 24.6. The van der Waals surface area contributed by atoms with Gasteiger partial charge in [-0.1, -0.05) is 6.92 Å². The van der Waals surface area contributed by atoms with Gasteiger partial charge in [-0.15, -0.1) is 0 Å². The molecule has 2 aromatic carbocycles. The molecule has 3 aromatic rings. The van der Waals surface area contributed by atoms with Gasteiger partial charge < -0.3 is 35.9 Å². The molecule has 13 heteroatoms. The second kappa shape index (κ2) is 15.8. The third-order valence-corrected chi connectivity index (χ3v) is 9.50. The van der Waals surface area contributed by atoms with E-state index in [1.165, 1.54) is 18.3 Å². The molecular weight excluding hydrogens is 654 g/mol. The van der Waals surface area contributed by atoms with Crippen LogP contribution >= 0.6 is 0 Å². The van der Waals surface area contributed by atoms with Crippen molar-refractivity contribution in [2.45, 2.75) is 52.0 Å². The molecule has 4 N–H and O–H groups in total. The zero-order valence-electron chi connectivity index (χ0n) is 29.2. The van der Waals surface area contributed by atoms with Gasteiger partial charge in [0, 0.05) is 68.4 Å². The lowest BCUT2D eigenvalue weighted by Crippen LogP contribution is -2.45. The van der Waals surface area contributed by atoms with E-state index in [1.807, 2.05) is 17.0 Å². The van der Waals surface area contributed by atoms with Gasteiger partial charge in [-0.3, -0.25) is 14.6 Å². The largest absolute Gasteiger partial charge is 0.479 e. The predicted molar refractivity (Wildman–Crippen MR) is 194 cm³/mol. The molecule has 6 rings (SSSR count). The van der Waals surface area contributed by atoms with E-state index in [9.17, 15) is 18.4 Å². The van der Waals surface area contributed by atoms with Crippen LogP contribution in [-0.2, 0) is 11.2 Å². The smallest absolute Gasteiger partial charge is 0.280 e. The summed E-state index contributed by atoms with van der Waals surface area (Å²) < 4.78 is 33.2. The van der Waals surface area contributed by atoms with Crippen LogP contribution in [0.5, 0.6) is 0 Å². The van der Waals surface area contributed by atoms with Crippen LogP contribution in [0.15, 0.2) is 59.4 Å². The molecule has 1 atom stereocenters. The number of benzene rings is 2. The molecule has 4 heterocycles. The summed E-state index contributed by atoms with van der Waals surface area (Å²) in [5, 5.41) is 17.6. The highest BCUT2D eigenvalue weighted by Gasteiger charge is 2.30. The molecule has 1 fully saturated rings. The molecule has 3 aliphatic heterocycles. The molecule has 2 bridgehead atoms. The van der Waals surface area contributed by atoms with Crippen molar-refractivity contribution in [1.82, 2.24) is 20.5 Å². The highest BCUT2D eigenvalue weighted by Crippen LogP contribution is 2.35. The average Bonchev–Trinajstić information content (AvgIpc) is 3.43. The van der Waals surface area contributed by atoms with Crippen LogP contribution in [0.1, 0.15) is 70.3 Å². The third-order valence-electron chi connectivity index (χ3n) is 9.50. The van der Waals surface area contributed by atoms with Gasteiger partial charge in [0.15, 0.2) is 5.88 Å². The topological polar surface area (TPSA) is 135 Å². The predicted octanol–water partition coefficient (Wildman–Crippen LogP) is 5.52. The van der Waals surface area contributed by atoms with E-state index in [1.54, 1.807) is 32.2 Å². The van der Waals surface area contributed by atoms with Gasteiger partial charge in [0.2, 0.25) is 5.96 Å². The molecule has 268 valence electrons. The monoisotopic (exact) mass is 698 g/mol. The molecule has 3 aliphatic rings. The minimum absolute atomic E-state index is 0.00210. The van der Waals surface area contributed by atoms with Crippen LogP contribution in [0.4, 0.5) is 20.2 Å². The Morgan fingerprint density at radius 1 is 1.10 bits per heavy atom. The third kappa shape index (κ3) is 8.59. The van der Waals surface area contributed by atoms with Crippen LogP contribution in [0.2, 0.25) is 0 Å². The Balaban J connectivity index is 1.17. The van der Waals surface area contributed by atoms with E-state index in [0.717, 1.165) is 56.2 Å². The van der Waals surface area contributed by atoms with Crippen LogP contribution < -0.4 is 20.9 Å². The molecule has 11 nitrogen and oxygen atoms in total. The second-order valence-electron chi connectivity index (χ2n) is 13.4. The fourth-order valence-corrected chi connectivity index (χ4v) is 6.83. The summed E-state index contributed by atoms with van der Waals surface area (Å²) in [6.07, 6.45) is 4.85. The summed E-state index contributed by atoms with van der Waals surface area (Å²) in [5.41, 5.74) is 4.46. The van der Waals surface area contributed by atoms with Crippen molar-refractivity contribution in [3.8, 4) is 0 Å². The highest BCUT2D eigenvalue weighted by molar-refractivity contribution is 6.20. The molecule has 0 radical (unpaired) electrons. The van der Waals surface area contributed by atoms with E-state index in [-0.39, 0.29) is 17.9 Å². The number of aliphatic imine (C=N–C) groups is 1. The summed E-state index contributed by atoms with van der Waals surface area (Å²) in [6, 6.07) is 12.4. The van der Waals surface area contributed by atoms with Crippen molar-refractivity contribution in [2.24, 2.45) is 10.9 Å². The summed E-state index contributed by atoms with van der Waals surface area (Å²) in [7, 11) is 1.72. The van der Waals surface area contributed by atoms with Gasteiger partial charge in [0.05, 0.1) is 29.2 Å². The number of pyridine rings is 1. The SMILES string of the molecule is CN/C1=C(\C=N)c2cc(cc(C)n2)C(=O)/N=C2\Nc3ccc(C(=O)NC4CCN(CCc5cc(F)cc(F)c5)CC4)cc3N2C[C@H](C)CCCO1. The number of fused-ring (bicyclic) bond motifs is 5. The number of nitrogens with one attached hydrogen (secondary N) is 4. The molecule has 1 aromatic heterocycles. The lowest BCUT2D eigenvalue weighted by atomic mass is 10.0. The van der Waals surface area contributed by atoms with Crippen LogP contribution in [0, 0.1) is 29.9 Å². The number of carbonyl (C=O) groups is 2. The maximum absolute atomic E-state index is 13.6. The number of likely N-dealkylation sites (tertiary alicyclic amines) is 1. The van der Waals surface area contributed by atoms with Gasteiger partial charge in [-0.25, -0.2) is 8.78 Å². The lowest BCUT2D eigenvalue weighted by molar-refractivity contribution is 0.0910. The first kappa shape index (κ1) is 35.6. The molecular formula is C38H44F2N8O3. The number of amides is 2. The molecule has 51 heavy (non-hydrogen) atoms. The number of halogens is 2.